The van der Waals surface area contributed by atoms with Crippen LogP contribution in [0.1, 0.15) is 119 Å². The van der Waals surface area contributed by atoms with Gasteiger partial charge in [-0.25, -0.2) is 4.79 Å². The van der Waals surface area contributed by atoms with Gasteiger partial charge in [0, 0.05) is 6.42 Å². The van der Waals surface area contributed by atoms with Crippen molar-refractivity contribution in [3.05, 3.63) is 71.3 Å². The van der Waals surface area contributed by atoms with E-state index in [9.17, 15) is 4.79 Å². The summed E-state index contributed by atoms with van der Waals surface area (Å²) in [6, 6.07) is 15.6. The van der Waals surface area contributed by atoms with E-state index in [0.717, 1.165) is 42.6 Å². The van der Waals surface area contributed by atoms with E-state index in [0.29, 0.717) is 17.2 Å². The summed E-state index contributed by atoms with van der Waals surface area (Å²) in [7, 11) is 0. The number of hydrogen-bond acceptors (Lipinski definition) is 2. The smallest absolute Gasteiger partial charge is 0.343 e. The Morgan fingerprint density at radius 1 is 0.821 bits per heavy atom. The number of benzene rings is 2. The summed E-state index contributed by atoms with van der Waals surface area (Å²) in [6.07, 6.45) is 23.2. The van der Waals surface area contributed by atoms with Crippen LogP contribution in [0.5, 0.6) is 5.75 Å². The van der Waals surface area contributed by atoms with Crippen molar-refractivity contribution in [2.45, 2.75) is 104 Å². The van der Waals surface area contributed by atoms with Crippen molar-refractivity contribution in [2.24, 2.45) is 23.7 Å². The van der Waals surface area contributed by atoms with E-state index in [1.54, 1.807) is 0 Å². The molecule has 0 N–H and O–H groups in total. The van der Waals surface area contributed by atoms with Crippen LogP contribution in [0.3, 0.4) is 0 Å². The molecule has 2 saturated carbocycles. The number of carbonyl (C=O) groups is 1. The summed E-state index contributed by atoms with van der Waals surface area (Å²) in [6.45, 7) is 4.12. The lowest BCUT2D eigenvalue weighted by Gasteiger charge is -2.31. The summed E-state index contributed by atoms with van der Waals surface area (Å²) in [4.78, 5) is 12.5. The van der Waals surface area contributed by atoms with Crippen LogP contribution < -0.4 is 4.74 Å². The lowest BCUT2D eigenvalue weighted by molar-refractivity contribution is 0.0734. The standard InChI is InChI=1S/C37H48O2/c1-3-5-6-8-30-9-11-31(12-10-30)13-14-32-15-17-33(18-16-32)19-20-34-21-25-35(26-22-34)37(38)39-36-27-23-29(7-4-2)24-28-36/h19-28,30-33H,4,6-18H2,1-2H3/b20-19+. The molecule has 39 heavy (non-hydrogen) atoms. The van der Waals surface area contributed by atoms with Gasteiger partial charge in [0.2, 0.25) is 0 Å². The summed E-state index contributed by atoms with van der Waals surface area (Å²) in [5.74, 6) is 10.1. The third-order valence-electron chi connectivity index (χ3n) is 9.08. The monoisotopic (exact) mass is 524 g/mol. The van der Waals surface area contributed by atoms with Crippen LogP contribution in [-0.4, -0.2) is 5.97 Å². The number of rotatable bonds is 11. The molecule has 0 heterocycles. The van der Waals surface area contributed by atoms with Gasteiger partial charge < -0.3 is 4.74 Å². The molecule has 0 aromatic heterocycles. The van der Waals surface area contributed by atoms with Crippen LogP contribution in [-0.2, 0) is 6.42 Å². The van der Waals surface area contributed by atoms with Crippen LogP contribution >= 0.6 is 0 Å². The number of esters is 1. The zero-order chi connectivity index (χ0) is 27.3. The molecule has 2 aliphatic carbocycles. The largest absolute Gasteiger partial charge is 0.423 e. The SMILES string of the molecule is CC#CCCC1CCC(CCC2CCC(/C=C/c3ccc(C(=O)Oc4ccc(CCC)cc4)cc3)CC2)CC1. The topological polar surface area (TPSA) is 26.3 Å². The first-order valence-corrected chi connectivity index (χ1v) is 15.6. The average molecular weight is 525 g/mol. The number of hydrogen-bond donors (Lipinski definition) is 0. The molecule has 0 spiro atoms. The van der Waals surface area contributed by atoms with Crippen molar-refractivity contribution in [3.63, 3.8) is 0 Å². The Bertz CT molecular complexity index is 1080. The van der Waals surface area contributed by atoms with E-state index in [4.69, 9.17) is 4.74 Å². The number of allylic oxidation sites excluding steroid dienone is 1. The molecule has 0 saturated heterocycles. The minimum absolute atomic E-state index is 0.304. The van der Waals surface area contributed by atoms with Gasteiger partial charge in [0.25, 0.3) is 0 Å². The van der Waals surface area contributed by atoms with Gasteiger partial charge in [-0.05, 0) is 105 Å². The van der Waals surface area contributed by atoms with Crippen LogP contribution in [0.2, 0.25) is 0 Å². The molecule has 0 bridgehead atoms. The fourth-order valence-corrected chi connectivity index (χ4v) is 6.51. The lowest BCUT2D eigenvalue weighted by Crippen LogP contribution is -2.17. The number of aryl methyl sites for hydroxylation is 1. The van der Waals surface area contributed by atoms with Crippen LogP contribution in [0.4, 0.5) is 0 Å². The second-order valence-electron chi connectivity index (χ2n) is 12.0. The molecule has 2 fully saturated rings. The molecule has 2 heteroatoms. The highest BCUT2D eigenvalue weighted by Gasteiger charge is 2.24. The van der Waals surface area contributed by atoms with Gasteiger partial charge >= 0.3 is 5.97 Å². The van der Waals surface area contributed by atoms with Crippen LogP contribution in [0, 0.1) is 35.5 Å². The molecule has 0 unspecified atom stereocenters. The summed E-state index contributed by atoms with van der Waals surface area (Å²) in [5, 5.41) is 0. The summed E-state index contributed by atoms with van der Waals surface area (Å²) in [5.41, 5.74) is 3.00. The quantitative estimate of drug-likeness (QED) is 0.166. The van der Waals surface area contributed by atoms with Gasteiger partial charge in [-0.15, -0.1) is 11.8 Å². The maximum atomic E-state index is 12.5. The third kappa shape index (κ3) is 9.72. The van der Waals surface area contributed by atoms with Crippen molar-refractivity contribution in [3.8, 4) is 17.6 Å². The number of ether oxygens (including phenoxy) is 1. The zero-order valence-corrected chi connectivity index (χ0v) is 24.3. The Kier molecular flexibility index (Phi) is 11.8. The second-order valence-corrected chi connectivity index (χ2v) is 12.0. The minimum atomic E-state index is -0.304. The van der Waals surface area contributed by atoms with Crippen molar-refractivity contribution >= 4 is 12.0 Å². The third-order valence-corrected chi connectivity index (χ3v) is 9.08. The van der Waals surface area contributed by atoms with Crippen molar-refractivity contribution in [1.29, 1.82) is 0 Å². The Hall–Kier alpha value is -2.79. The predicted molar refractivity (Wildman–Crippen MR) is 164 cm³/mol. The zero-order valence-electron chi connectivity index (χ0n) is 24.3. The van der Waals surface area contributed by atoms with Gasteiger partial charge in [0.15, 0.2) is 0 Å². The normalized spacial score (nSPS) is 23.2. The average Bonchev–Trinajstić information content (AvgIpc) is 2.98. The minimum Gasteiger partial charge on any atom is -0.423 e. The van der Waals surface area contributed by atoms with Gasteiger partial charge in [0.05, 0.1) is 5.56 Å². The molecular weight excluding hydrogens is 476 g/mol. The molecule has 0 atom stereocenters. The second kappa shape index (κ2) is 15.7. The Labute approximate surface area is 237 Å². The molecule has 2 aromatic carbocycles. The molecular formula is C37H48O2. The molecule has 4 rings (SSSR count). The molecule has 208 valence electrons. The Morgan fingerprint density at radius 2 is 1.41 bits per heavy atom. The Balaban J connectivity index is 1.13. The molecule has 2 nitrogen and oxygen atoms in total. The molecule has 0 amide bonds. The van der Waals surface area contributed by atoms with E-state index >= 15 is 0 Å². The van der Waals surface area contributed by atoms with E-state index in [1.807, 2.05) is 55.5 Å². The predicted octanol–water partition coefficient (Wildman–Crippen LogP) is 10.1. The maximum absolute atomic E-state index is 12.5. The highest BCUT2D eigenvalue weighted by molar-refractivity contribution is 5.91. The first-order valence-electron chi connectivity index (χ1n) is 15.6. The first-order chi connectivity index (χ1) is 19.1. The highest BCUT2D eigenvalue weighted by Crippen LogP contribution is 2.38. The van der Waals surface area contributed by atoms with Crippen LogP contribution in [0.25, 0.3) is 6.08 Å². The maximum Gasteiger partial charge on any atom is 0.343 e. The van der Waals surface area contributed by atoms with E-state index in [1.165, 1.54) is 76.2 Å². The first kappa shape index (κ1) is 29.2. The van der Waals surface area contributed by atoms with Crippen molar-refractivity contribution in [2.75, 3.05) is 0 Å². The molecule has 2 aromatic rings. The number of carbonyl (C=O) groups excluding carboxylic acids is 1. The fourth-order valence-electron chi connectivity index (χ4n) is 6.51. The van der Waals surface area contributed by atoms with Crippen molar-refractivity contribution in [1.82, 2.24) is 0 Å². The summed E-state index contributed by atoms with van der Waals surface area (Å²) >= 11 is 0. The van der Waals surface area contributed by atoms with Gasteiger partial charge in [-0.3, -0.25) is 0 Å². The summed E-state index contributed by atoms with van der Waals surface area (Å²) < 4.78 is 5.56. The van der Waals surface area contributed by atoms with E-state index in [2.05, 4.69) is 30.9 Å². The van der Waals surface area contributed by atoms with E-state index < -0.39 is 0 Å². The van der Waals surface area contributed by atoms with Crippen molar-refractivity contribution < 1.29 is 9.53 Å². The fraction of sp³-hybridized carbons (Fsp3) is 0.541. The molecule has 0 aliphatic heterocycles. The van der Waals surface area contributed by atoms with E-state index in [-0.39, 0.29) is 5.97 Å². The molecule has 2 aliphatic rings. The lowest BCUT2D eigenvalue weighted by atomic mass is 9.75. The Morgan fingerprint density at radius 3 is 2.00 bits per heavy atom. The molecule has 0 radical (unpaired) electrons. The van der Waals surface area contributed by atoms with Gasteiger partial charge in [-0.2, -0.15) is 0 Å². The van der Waals surface area contributed by atoms with Crippen LogP contribution in [0.15, 0.2) is 54.6 Å². The van der Waals surface area contributed by atoms with Gasteiger partial charge in [0.1, 0.15) is 5.75 Å². The highest BCUT2D eigenvalue weighted by atomic mass is 16.5. The van der Waals surface area contributed by atoms with Gasteiger partial charge in [-0.1, -0.05) is 88.3 Å².